The molecule has 0 bridgehead atoms. The van der Waals surface area contributed by atoms with E-state index >= 15 is 0 Å². The molecule has 0 atom stereocenters. The standard InChI is InChI=1S/C31H25N3/c1-5-13-24(14-6-1)21-22-33-28(25-15-7-2-8-16-25)23-34-30(27-19-11-4-12-20-27)29(32-31(33)34)26-17-9-3-10-18-26/h1-20,23H,21-22H2. The van der Waals surface area contributed by atoms with Crippen molar-refractivity contribution in [2.24, 2.45) is 0 Å². The van der Waals surface area contributed by atoms with E-state index in [-0.39, 0.29) is 0 Å². The monoisotopic (exact) mass is 439 g/mol. The summed E-state index contributed by atoms with van der Waals surface area (Å²) in [6.07, 6.45) is 3.19. The molecule has 2 heterocycles. The van der Waals surface area contributed by atoms with Gasteiger partial charge in [0.05, 0.1) is 17.1 Å². The fraction of sp³-hybridized carbons (Fsp3) is 0.0645. The molecule has 2 aromatic heterocycles. The maximum atomic E-state index is 5.24. The van der Waals surface area contributed by atoms with E-state index in [9.17, 15) is 0 Å². The molecule has 0 fully saturated rings. The molecule has 0 unspecified atom stereocenters. The van der Waals surface area contributed by atoms with Crippen LogP contribution < -0.4 is 0 Å². The largest absolute Gasteiger partial charge is 0.309 e. The van der Waals surface area contributed by atoms with Crippen LogP contribution in [0.2, 0.25) is 0 Å². The van der Waals surface area contributed by atoms with E-state index < -0.39 is 0 Å². The molecule has 0 N–H and O–H groups in total. The second kappa shape index (κ2) is 8.87. The number of imidazole rings is 2. The molecule has 0 aliphatic carbocycles. The number of nitrogens with zero attached hydrogens (tertiary/aromatic N) is 3. The molecule has 3 heteroatoms. The first-order chi connectivity index (χ1) is 16.9. The summed E-state index contributed by atoms with van der Waals surface area (Å²) in [5, 5.41) is 0. The Balaban J connectivity index is 1.58. The van der Waals surface area contributed by atoms with Crippen molar-refractivity contribution in [2.45, 2.75) is 13.0 Å². The van der Waals surface area contributed by atoms with Crippen LogP contribution in [0.25, 0.3) is 39.5 Å². The quantitative estimate of drug-likeness (QED) is 0.265. The Morgan fingerprint density at radius 1 is 0.559 bits per heavy atom. The summed E-state index contributed by atoms with van der Waals surface area (Å²) in [7, 11) is 0. The minimum absolute atomic E-state index is 0.851. The first-order valence-corrected chi connectivity index (χ1v) is 11.7. The molecule has 0 saturated carbocycles. The van der Waals surface area contributed by atoms with Gasteiger partial charge in [-0.15, -0.1) is 0 Å². The van der Waals surface area contributed by atoms with Crippen LogP contribution in [-0.4, -0.2) is 14.0 Å². The van der Waals surface area contributed by atoms with Crippen LogP contribution >= 0.6 is 0 Å². The van der Waals surface area contributed by atoms with Crippen molar-refractivity contribution in [2.75, 3.05) is 0 Å². The van der Waals surface area contributed by atoms with Gasteiger partial charge in [0, 0.05) is 23.9 Å². The van der Waals surface area contributed by atoms with Gasteiger partial charge in [-0.05, 0) is 17.5 Å². The van der Waals surface area contributed by atoms with Gasteiger partial charge >= 0.3 is 0 Å². The maximum absolute atomic E-state index is 5.24. The second-order valence-corrected chi connectivity index (χ2v) is 8.48. The van der Waals surface area contributed by atoms with E-state index in [1.54, 1.807) is 0 Å². The van der Waals surface area contributed by atoms with Gasteiger partial charge in [-0.2, -0.15) is 0 Å². The van der Waals surface area contributed by atoms with E-state index in [1.165, 1.54) is 16.8 Å². The molecule has 3 nitrogen and oxygen atoms in total. The predicted molar refractivity (Wildman–Crippen MR) is 140 cm³/mol. The average molecular weight is 440 g/mol. The minimum Gasteiger partial charge on any atom is -0.309 e. The van der Waals surface area contributed by atoms with Crippen LogP contribution in [-0.2, 0) is 13.0 Å². The summed E-state index contributed by atoms with van der Waals surface area (Å²) in [6.45, 7) is 0.851. The first-order valence-electron chi connectivity index (χ1n) is 11.7. The van der Waals surface area contributed by atoms with Crippen molar-refractivity contribution < 1.29 is 0 Å². The summed E-state index contributed by atoms with van der Waals surface area (Å²) < 4.78 is 4.63. The Hall–Kier alpha value is -4.37. The van der Waals surface area contributed by atoms with E-state index in [4.69, 9.17) is 4.98 Å². The Bertz CT molecular complexity index is 1510. The Morgan fingerprint density at radius 3 is 1.71 bits per heavy atom. The third-order valence-electron chi connectivity index (χ3n) is 6.31. The van der Waals surface area contributed by atoms with Crippen molar-refractivity contribution in [3.8, 4) is 33.8 Å². The smallest absolute Gasteiger partial charge is 0.215 e. The number of rotatable bonds is 6. The van der Waals surface area contributed by atoms with Crippen LogP contribution in [0, 0.1) is 0 Å². The highest BCUT2D eigenvalue weighted by molar-refractivity contribution is 5.82. The van der Waals surface area contributed by atoms with Crippen molar-refractivity contribution in [3.63, 3.8) is 0 Å². The molecule has 0 radical (unpaired) electrons. The van der Waals surface area contributed by atoms with Crippen molar-refractivity contribution in [3.05, 3.63) is 133 Å². The topological polar surface area (TPSA) is 22.2 Å². The fourth-order valence-corrected chi connectivity index (χ4v) is 4.65. The third-order valence-corrected chi connectivity index (χ3v) is 6.31. The Morgan fingerprint density at radius 2 is 1.09 bits per heavy atom. The molecule has 0 saturated heterocycles. The highest BCUT2D eigenvalue weighted by Gasteiger charge is 2.21. The van der Waals surface area contributed by atoms with Crippen LogP contribution in [0.5, 0.6) is 0 Å². The normalized spacial score (nSPS) is 11.2. The molecule has 6 aromatic rings. The lowest BCUT2D eigenvalue weighted by molar-refractivity contribution is 0.718. The SMILES string of the molecule is c1ccc(CCn2c(-c3ccccc3)cn3c(-c4ccccc4)c(-c4ccccc4)nc23)cc1. The lowest BCUT2D eigenvalue weighted by atomic mass is 10.0. The lowest BCUT2D eigenvalue weighted by Crippen LogP contribution is -2.04. The minimum atomic E-state index is 0.851. The van der Waals surface area contributed by atoms with Crippen LogP contribution in [0.4, 0.5) is 0 Å². The lowest BCUT2D eigenvalue weighted by Gasteiger charge is -2.09. The summed E-state index contributed by atoms with van der Waals surface area (Å²) >= 11 is 0. The van der Waals surface area contributed by atoms with Crippen molar-refractivity contribution in [1.82, 2.24) is 14.0 Å². The number of fused-ring (bicyclic) bond motifs is 1. The molecule has 0 aliphatic rings. The molecule has 0 aliphatic heterocycles. The number of aromatic nitrogens is 3. The Kier molecular flexibility index (Phi) is 5.29. The second-order valence-electron chi connectivity index (χ2n) is 8.48. The Labute approximate surface area is 199 Å². The molecule has 6 rings (SSSR count). The van der Waals surface area contributed by atoms with E-state index in [0.29, 0.717) is 0 Å². The zero-order valence-corrected chi connectivity index (χ0v) is 18.9. The van der Waals surface area contributed by atoms with Gasteiger partial charge in [0.1, 0.15) is 0 Å². The predicted octanol–water partition coefficient (Wildman–Crippen LogP) is 7.38. The van der Waals surface area contributed by atoms with Crippen LogP contribution in [0.3, 0.4) is 0 Å². The van der Waals surface area contributed by atoms with Gasteiger partial charge in [0.2, 0.25) is 5.78 Å². The highest BCUT2D eigenvalue weighted by atomic mass is 15.2. The third kappa shape index (κ3) is 3.71. The van der Waals surface area contributed by atoms with Gasteiger partial charge in [0.25, 0.3) is 0 Å². The van der Waals surface area contributed by atoms with Gasteiger partial charge in [-0.1, -0.05) is 121 Å². The van der Waals surface area contributed by atoms with E-state index in [1.807, 2.05) is 0 Å². The van der Waals surface area contributed by atoms with Gasteiger partial charge < -0.3 is 4.57 Å². The number of benzene rings is 4. The van der Waals surface area contributed by atoms with E-state index in [2.05, 4.69) is 136 Å². The molecule has 34 heavy (non-hydrogen) atoms. The molecule has 0 amide bonds. The summed E-state index contributed by atoms with van der Waals surface area (Å²) in [4.78, 5) is 5.24. The first kappa shape index (κ1) is 20.3. The maximum Gasteiger partial charge on any atom is 0.215 e. The number of hydrogen-bond acceptors (Lipinski definition) is 1. The average Bonchev–Trinajstić information content (AvgIpc) is 3.46. The van der Waals surface area contributed by atoms with Crippen molar-refractivity contribution >= 4 is 5.78 Å². The van der Waals surface area contributed by atoms with Crippen LogP contribution in [0.15, 0.2) is 128 Å². The summed E-state index contributed by atoms with van der Waals surface area (Å²) in [5.74, 6) is 0.965. The molecule has 4 aromatic carbocycles. The van der Waals surface area contributed by atoms with E-state index in [0.717, 1.165) is 41.3 Å². The fourth-order valence-electron chi connectivity index (χ4n) is 4.65. The van der Waals surface area contributed by atoms with Gasteiger partial charge in [-0.3, -0.25) is 4.40 Å². The van der Waals surface area contributed by atoms with Gasteiger partial charge in [0.15, 0.2) is 0 Å². The molecule has 0 spiro atoms. The summed E-state index contributed by atoms with van der Waals surface area (Å²) in [5.41, 5.74) is 8.12. The number of hydrogen-bond donors (Lipinski definition) is 0. The molecular formula is C31H25N3. The zero-order valence-electron chi connectivity index (χ0n) is 18.9. The van der Waals surface area contributed by atoms with Crippen LogP contribution in [0.1, 0.15) is 5.56 Å². The molecular weight excluding hydrogens is 414 g/mol. The van der Waals surface area contributed by atoms with Crippen molar-refractivity contribution in [1.29, 1.82) is 0 Å². The zero-order chi connectivity index (χ0) is 22.7. The number of aryl methyl sites for hydroxylation is 2. The van der Waals surface area contributed by atoms with Gasteiger partial charge in [-0.25, -0.2) is 4.98 Å². The molecule has 164 valence electrons. The summed E-state index contributed by atoms with van der Waals surface area (Å²) in [6, 6.07) is 42.3. The highest BCUT2D eigenvalue weighted by Crippen LogP contribution is 2.35.